The van der Waals surface area contributed by atoms with E-state index < -0.39 is 52.7 Å². The molecule has 12 heteroatoms. The largest absolute Gasteiger partial charge is 0.375 e. The Labute approximate surface area is 271 Å². The molecule has 2 aliphatic heterocycles. The van der Waals surface area contributed by atoms with Crippen LogP contribution in [0.1, 0.15) is 98.8 Å². The molecule has 12 nitrogen and oxygen atoms in total. The van der Waals surface area contributed by atoms with E-state index in [0.29, 0.717) is 19.4 Å². The molecule has 46 heavy (non-hydrogen) atoms. The number of nitrogens with zero attached hydrogens (tertiary/aromatic N) is 1. The molecule has 254 valence electrons. The van der Waals surface area contributed by atoms with Gasteiger partial charge >= 0.3 is 6.03 Å². The fourth-order valence-corrected chi connectivity index (χ4v) is 9.31. The summed E-state index contributed by atoms with van der Waals surface area (Å²) >= 11 is 0. The molecule has 2 heterocycles. The fourth-order valence-electron chi connectivity index (χ4n) is 9.31. The Morgan fingerprint density at radius 2 is 1.59 bits per heavy atom. The number of urea groups is 1. The molecule has 4 saturated carbocycles. The number of nitrogens with one attached hydrogen (secondary N) is 3. The lowest BCUT2D eigenvalue weighted by atomic mass is 9.73. The Balaban J connectivity index is 1.25. The maximum Gasteiger partial charge on any atom is 0.316 e. The van der Waals surface area contributed by atoms with Crippen molar-refractivity contribution in [3.05, 3.63) is 0 Å². The number of hydrogen-bond acceptors (Lipinski definition) is 7. The summed E-state index contributed by atoms with van der Waals surface area (Å²) in [7, 11) is 0. The second kappa shape index (κ2) is 11.0. The topological polar surface area (TPSA) is 177 Å². The average molecular weight is 642 g/mol. The molecule has 6 aliphatic rings. The predicted octanol–water partition coefficient (Wildman–Crippen LogP) is 1.98. The maximum absolute atomic E-state index is 14.6. The second-order valence-corrected chi connectivity index (χ2v) is 16.8. The normalized spacial score (nSPS) is 29.8. The highest BCUT2D eigenvalue weighted by Gasteiger charge is 2.85. The number of fused-ring (bicyclic) bond motifs is 1. The van der Waals surface area contributed by atoms with Crippen molar-refractivity contribution in [1.29, 1.82) is 0 Å². The summed E-state index contributed by atoms with van der Waals surface area (Å²) in [5.74, 6) is -2.65. The van der Waals surface area contributed by atoms with Gasteiger partial charge in [0.05, 0.1) is 19.3 Å². The van der Waals surface area contributed by atoms with E-state index in [4.69, 9.17) is 10.5 Å². The number of amides is 5. The molecule has 0 aromatic rings. The Hall–Kier alpha value is -3.02. The molecule has 0 aromatic carbocycles. The summed E-state index contributed by atoms with van der Waals surface area (Å²) in [5, 5.41) is 8.54. The lowest BCUT2D eigenvalue weighted by Crippen LogP contribution is -2.70. The zero-order valence-corrected chi connectivity index (χ0v) is 28.0. The van der Waals surface area contributed by atoms with Crippen LogP contribution in [0.4, 0.5) is 4.79 Å². The van der Waals surface area contributed by atoms with Gasteiger partial charge in [0, 0.05) is 17.9 Å². The molecule has 0 aromatic heterocycles. The molecule has 5 amide bonds. The molecular formula is C34H51N5O7. The molecule has 5 N–H and O–H groups in total. The third-order valence-corrected chi connectivity index (χ3v) is 12.9. The summed E-state index contributed by atoms with van der Waals surface area (Å²) in [6, 6.07) is -3.56. The van der Waals surface area contributed by atoms with Gasteiger partial charge in [-0.3, -0.25) is 24.0 Å². The van der Waals surface area contributed by atoms with Crippen LogP contribution in [0.2, 0.25) is 0 Å². The number of likely N-dealkylation sites (tertiary alicyclic amines) is 1. The molecule has 2 saturated heterocycles. The van der Waals surface area contributed by atoms with Crippen LogP contribution in [-0.2, 0) is 28.7 Å². The van der Waals surface area contributed by atoms with E-state index in [2.05, 4.69) is 29.8 Å². The SMILES string of the molecule is CC(C)(C)[C@H](NC(=O)NC1(C(=O)C2CC2)COC1)C(=O)N1C[C@]2(C[C@H]1C(=O)NC(CC1CCC1)C(=O)C(N)=O)C(C)(C)C21CCC1. The van der Waals surface area contributed by atoms with Gasteiger partial charge in [0.25, 0.3) is 5.91 Å². The highest BCUT2D eigenvalue weighted by Crippen LogP contribution is 2.88. The fraction of sp³-hybridized carbons (Fsp3) is 0.824. The van der Waals surface area contributed by atoms with E-state index in [-0.39, 0.29) is 53.0 Å². The zero-order valence-electron chi connectivity index (χ0n) is 28.0. The van der Waals surface area contributed by atoms with Gasteiger partial charge in [-0.2, -0.15) is 0 Å². The van der Waals surface area contributed by atoms with Crippen molar-refractivity contribution in [2.45, 2.75) is 122 Å². The van der Waals surface area contributed by atoms with E-state index in [0.717, 1.165) is 51.4 Å². The van der Waals surface area contributed by atoms with E-state index in [9.17, 15) is 28.8 Å². The minimum absolute atomic E-state index is 0.0315. The smallest absolute Gasteiger partial charge is 0.316 e. The highest BCUT2D eigenvalue weighted by atomic mass is 16.5. The highest BCUT2D eigenvalue weighted by molar-refractivity contribution is 6.37. The third-order valence-electron chi connectivity index (χ3n) is 12.9. The molecule has 1 unspecified atom stereocenters. The number of hydrogen-bond donors (Lipinski definition) is 4. The van der Waals surface area contributed by atoms with Crippen LogP contribution in [0.15, 0.2) is 0 Å². The monoisotopic (exact) mass is 641 g/mol. The number of Topliss-reactive ketones (excluding diaryl/α,β-unsaturated/α-hetero) is 2. The van der Waals surface area contributed by atoms with Gasteiger partial charge in [0.1, 0.15) is 17.6 Å². The van der Waals surface area contributed by atoms with Gasteiger partial charge in [0.15, 0.2) is 5.78 Å². The van der Waals surface area contributed by atoms with Crippen LogP contribution >= 0.6 is 0 Å². The van der Waals surface area contributed by atoms with Gasteiger partial charge in [-0.05, 0) is 60.7 Å². The first-order valence-corrected chi connectivity index (χ1v) is 17.1. The lowest BCUT2D eigenvalue weighted by Gasteiger charge is -2.42. The van der Waals surface area contributed by atoms with Gasteiger partial charge < -0.3 is 31.3 Å². The average Bonchev–Trinajstić information content (AvgIpc) is 3.76. The molecule has 6 rings (SSSR count). The van der Waals surface area contributed by atoms with Crippen molar-refractivity contribution in [2.75, 3.05) is 19.8 Å². The molecule has 2 spiro atoms. The molecule has 4 aliphatic carbocycles. The Bertz CT molecular complexity index is 1340. The van der Waals surface area contributed by atoms with E-state index in [1.165, 1.54) is 0 Å². The molecule has 4 atom stereocenters. The number of primary amides is 1. The molecule has 0 bridgehead atoms. The predicted molar refractivity (Wildman–Crippen MR) is 167 cm³/mol. The molecule has 6 fully saturated rings. The van der Waals surface area contributed by atoms with E-state index >= 15 is 0 Å². The van der Waals surface area contributed by atoms with Crippen LogP contribution in [0, 0.1) is 33.5 Å². The number of carbonyl (C=O) groups excluding carboxylic acids is 6. The maximum atomic E-state index is 14.6. The molecular weight excluding hydrogens is 590 g/mol. The first-order chi connectivity index (χ1) is 21.5. The van der Waals surface area contributed by atoms with Crippen molar-refractivity contribution >= 4 is 35.3 Å². The van der Waals surface area contributed by atoms with E-state index in [1.807, 2.05) is 20.8 Å². The zero-order chi connectivity index (χ0) is 33.4. The van der Waals surface area contributed by atoms with Crippen molar-refractivity contribution in [3.63, 3.8) is 0 Å². The third kappa shape index (κ3) is 5.04. The Morgan fingerprint density at radius 1 is 0.935 bits per heavy atom. The van der Waals surface area contributed by atoms with Crippen molar-refractivity contribution in [1.82, 2.24) is 20.9 Å². The van der Waals surface area contributed by atoms with Crippen molar-refractivity contribution < 1.29 is 33.5 Å². The molecule has 0 radical (unpaired) electrons. The van der Waals surface area contributed by atoms with Crippen molar-refractivity contribution in [2.24, 2.45) is 39.2 Å². The van der Waals surface area contributed by atoms with Crippen LogP contribution in [0.3, 0.4) is 0 Å². The van der Waals surface area contributed by atoms with Crippen LogP contribution in [0.5, 0.6) is 0 Å². The van der Waals surface area contributed by atoms with Gasteiger partial charge in [-0.15, -0.1) is 0 Å². The minimum Gasteiger partial charge on any atom is -0.375 e. The van der Waals surface area contributed by atoms with E-state index in [1.54, 1.807) is 4.90 Å². The number of ether oxygens (including phenoxy) is 1. The summed E-state index contributed by atoms with van der Waals surface area (Å²) in [4.78, 5) is 81.6. The number of carbonyl (C=O) groups is 6. The summed E-state index contributed by atoms with van der Waals surface area (Å²) < 4.78 is 5.33. The van der Waals surface area contributed by atoms with Crippen LogP contribution in [-0.4, -0.2) is 83.6 Å². The standard InChI is InChI=1S/C34H51N5O7/c1-30(2,3)24(37-29(45)38-32(17-46-18-32)25(41)20-10-11-20)28(44)39-16-34(31(4,5)33(34)12-7-13-33)15-22(39)27(43)36-21(23(40)26(35)42)14-19-8-6-9-19/h19-22,24H,6-18H2,1-5H3,(H2,35,42)(H,36,43)(H2,37,38,45)/t21?,22-,24+,34+/m0/s1. The summed E-state index contributed by atoms with van der Waals surface area (Å²) in [5.41, 5.74) is 3.21. The van der Waals surface area contributed by atoms with Gasteiger partial charge in [0.2, 0.25) is 17.6 Å². The van der Waals surface area contributed by atoms with Gasteiger partial charge in [-0.1, -0.05) is 60.3 Å². The Kier molecular flexibility index (Phi) is 7.88. The summed E-state index contributed by atoms with van der Waals surface area (Å²) in [6.45, 7) is 10.6. The Morgan fingerprint density at radius 3 is 2.02 bits per heavy atom. The van der Waals surface area contributed by atoms with Crippen LogP contribution in [0.25, 0.3) is 0 Å². The van der Waals surface area contributed by atoms with Crippen molar-refractivity contribution in [3.8, 4) is 0 Å². The van der Waals surface area contributed by atoms with Gasteiger partial charge in [-0.25, -0.2) is 4.79 Å². The lowest BCUT2D eigenvalue weighted by molar-refractivity contribution is -0.145. The number of nitrogens with two attached hydrogens (primary N) is 1. The first kappa shape index (κ1) is 32.9. The number of ketones is 2. The second-order valence-electron chi connectivity index (χ2n) is 16.8. The summed E-state index contributed by atoms with van der Waals surface area (Å²) in [6.07, 6.45) is 8.44. The minimum atomic E-state index is -1.09. The van der Waals surface area contributed by atoms with Crippen LogP contribution < -0.4 is 21.7 Å². The number of rotatable bonds is 11. The quantitative estimate of drug-likeness (QED) is 0.249. The first-order valence-electron chi connectivity index (χ1n) is 17.1.